The minimum Gasteiger partial charge on any atom is -0.364 e. The molecule has 25 heavy (non-hydrogen) atoms. The highest BCUT2D eigenvalue weighted by molar-refractivity contribution is 6.30. The summed E-state index contributed by atoms with van der Waals surface area (Å²) < 4.78 is 4.86. The Bertz CT molecular complexity index is 681. The summed E-state index contributed by atoms with van der Waals surface area (Å²) in [6.07, 6.45) is 1.58. The summed E-state index contributed by atoms with van der Waals surface area (Å²) in [6.45, 7) is 8.29. The van der Waals surface area contributed by atoms with E-state index in [1.165, 1.54) is 5.56 Å². The van der Waals surface area contributed by atoms with Gasteiger partial charge in [0.25, 0.3) is 0 Å². The topological polar surface area (TPSA) is 56.9 Å². The number of halogens is 1. The maximum absolute atomic E-state index is 6.08. The molecule has 0 amide bonds. The molecule has 134 valence electrons. The molecule has 1 aromatic heterocycles. The van der Waals surface area contributed by atoms with Gasteiger partial charge < -0.3 is 14.7 Å². The van der Waals surface area contributed by atoms with Crippen LogP contribution in [0.5, 0.6) is 0 Å². The van der Waals surface area contributed by atoms with Gasteiger partial charge in [-0.05, 0) is 24.6 Å². The Balaban J connectivity index is 1.54. The highest BCUT2D eigenvalue weighted by Gasteiger charge is 2.19. The van der Waals surface area contributed by atoms with E-state index in [9.17, 15) is 0 Å². The van der Waals surface area contributed by atoms with Gasteiger partial charge in [0.15, 0.2) is 5.96 Å². The van der Waals surface area contributed by atoms with Crippen LogP contribution in [-0.4, -0.2) is 53.6 Å². The molecule has 1 saturated heterocycles. The SMILES string of the molecule is CCNC(=NCc1ccon1)N1CCN(Cc2cccc(Cl)c2)CC1. The van der Waals surface area contributed by atoms with E-state index in [-0.39, 0.29) is 0 Å². The quantitative estimate of drug-likeness (QED) is 0.655. The van der Waals surface area contributed by atoms with Gasteiger partial charge in [0.05, 0.1) is 6.54 Å². The van der Waals surface area contributed by atoms with Crippen LogP contribution in [0.1, 0.15) is 18.2 Å². The van der Waals surface area contributed by atoms with Crippen molar-refractivity contribution in [2.75, 3.05) is 32.7 Å². The Morgan fingerprint density at radius 3 is 2.80 bits per heavy atom. The van der Waals surface area contributed by atoms with Crippen molar-refractivity contribution < 1.29 is 4.52 Å². The molecule has 1 aromatic carbocycles. The molecule has 0 unspecified atom stereocenters. The van der Waals surface area contributed by atoms with E-state index in [0.717, 1.165) is 55.9 Å². The van der Waals surface area contributed by atoms with Crippen molar-refractivity contribution >= 4 is 17.6 Å². The van der Waals surface area contributed by atoms with Crippen LogP contribution in [0.4, 0.5) is 0 Å². The van der Waals surface area contributed by atoms with Gasteiger partial charge in [0, 0.05) is 50.4 Å². The highest BCUT2D eigenvalue weighted by Crippen LogP contribution is 2.14. The first-order valence-electron chi connectivity index (χ1n) is 8.64. The van der Waals surface area contributed by atoms with Gasteiger partial charge in [-0.2, -0.15) is 0 Å². The molecule has 6 nitrogen and oxygen atoms in total. The number of rotatable bonds is 5. The average Bonchev–Trinajstić information content (AvgIpc) is 3.13. The first kappa shape index (κ1) is 17.8. The third-order valence-corrected chi connectivity index (χ3v) is 4.42. The van der Waals surface area contributed by atoms with E-state index >= 15 is 0 Å². The van der Waals surface area contributed by atoms with Crippen LogP contribution in [0.3, 0.4) is 0 Å². The normalized spacial score (nSPS) is 16.2. The van der Waals surface area contributed by atoms with Crippen LogP contribution >= 0.6 is 11.6 Å². The van der Waals surface area contributed by atoms with Crippen LogP contribution < -0.4 is 5.32 Å². The molecule has 0 saturated carbocycles. The zero-order valence-corrected chi connectivity index (χ0v) is 15.2. The van der Waals surface area contributed by atoms with Gasteiger partial charge in [-0.1, -0.05) is 28.9 Å². The molecule has 1 aliphatic rings. The van der Waals surface area contributed by atoms with Gasteiger partial charge in [-0.3, -0.25) is 4.90 Å². The molecule has 0 aliphatic carbocycles. The molecule has 1 aliphatic heterocycles. The lowest BCUT2D eigenvalue weighted by atomic mass is 10.2. The fraction of sp³-hybridized carbons (Fsp3) is 0.444. The number of aliphatic imine (C=N–C) groups is 1. The Morgan fingerprint density at radius 1 is 1.28 bits per heavy atom. The van der Waals surface area contributed by atoms with Crippen molar-refractivity contribution in [2.24, 2.45) is 4.99 Å². The lowest BCUT2D eigenvalue weighted by Gasteiger charge is -2.36. The predicted molar refractivity (Wildman–Crippen MR) is 99.6 cm³/mol. The van der Waals surface area contributed by atoms with Gasteiger partial charge in [0.1, 0.15) is 12.0 Å². The van der Waals surface area contributed by atoms with E-state index in [2.05, 4.69) is 38.3 Å². The summed E-state index contributed by atoms with van der Waals surface area (Å²) in [5, 5.41) is 8.08. The fourth-order valence-corrected chi connectivity index (χ4v) is 3.12. The lowest BCUT2D eigenvalue weighted by molar-refractivity contribution is 0.172. The molecular formula is C18H24ClN5O. The van der Waals surface area contributed by atoms with Gasteiger partial charge in [0.2, 0.25) is 0 Å². The minimum atomic E-state index is 0.529. The smallest absolute Gasteiger partial charge is 0.194 e. The minimum absolute atomic E-state index is 0.529. The fourth-order valence-electron chi connectivity index (χ4n) is 2.91. The average molecular weight is 362 g/mol. The van der Waals surface area contributed by atoms with Crippen molar-refractivity contribution in [3.05, 3.63) is 52.9 Å². The van der Waals surface area contributed by atoms with Gasteiger partial charge >= 0.3 is 0 Å². The number of aromatic nitrogens is 1. The van der Waals surface area contributed by atoms with E-state index in [0.29, 0.717) is 6.54 Å². The van der Waals surface area contributed by atoms with Gasteiger partial charge in [-0.15, -0.1) is 0 Å². The second-order valence-corrected chi connectivity index (χ2v) is 6.49. The number of nitrogens with zero attached hydrogens (tertiary/aromatic N) is 4. The third kappa shape index (κ3) is 5.21. The van der Waals surface area contributed by atoms with Crippen molar-refractivity contribution in [2.45, 2.75) is 20.0 Å². The summed E-state index contributed by atoms with van der Waals surface area (Å²) in [5.41, 5.74) is 2.10. The lowest BCUT2D eigenvalue weighted by Crippen LogP contribution is -2.52. The van der Waals surface area contributed by atoms with Crippen LogP contribution in [0.2, 0.25) is 5.02 Å². The van der Waals surface area contributed by atoms with Crippen molar-refractivity contribution in [1.82, 2.24) is 20.3 Å². The summed E-state index contributed by atoms with van der Waals surface area (Å²) in [5.74, 6) is 0.938. The Labute approximate surface area is 153 Å². The third-order valence-electron chi connectivity index (χ3n) is 4.18. The maximum atomic E-state index is 6.08. The molecule has 0 atom stereocenters. The number of hydrogen-bond donors (Lipinski definition) is 1. The van der Waals surface area contributed by atoms with E-state index < -0.39 is 0 Å². The first-order valence-corrected chi connectivity index (χ1v) is 9.01. The second kappa shape index (κ2) is 8.87. The molecule has 0 spiro atoms. The number of nitrogens with one attached hydrogen (secondary N) is 1. The molecule has 0 bridgehead atoms. The zero-order chi connectivity index (χ0) is 17.5. The Morgan fingerprint density at radius 2 is 2.12 bits per heavy atom. The molecule has 2 aromatic rings. The Kier molecular flexibility index (Phi) is 6.30. The van der Waals surface area contributed by atoms with Crippen molar-refractivity contribution in [3.8, 4) is 0 Å². The van der Waals surface area contributed by atoms with Crippen molar-refractivity contribution in [1.29, 1.82) is 0 Å². The standard InChI is InChI=1S/C18H24ClN5O/c1-2-20-18(21-13-17-6-11-25-22-17)24-9-7-23(8-10-24)14-15-4-3-5-16(19)12-15/h3-6,11-12H,2,7-10,13-14H2,1H3,(H,20,21). The molecular weight excluding hydrogens is 338 g/mol. The van der Waals surface area contributed by atoms with Crippen LogP contribution in [0.25, 0.3) is 0 Å². The van der Waals surface area contributed by atoms with E-state index in [1.807, 2.05) is 24.3 Å². The molecule has 1 fully saturated rings. The molecule has 3 rings (SSSR count). The summed E-state index contributed by atoms with van der Waals surface area (Å²) in [4.78, 5) is 9.42. The number of benzene rings is 1. The summed E-state index contributed by atoms with van der Waals surface area (Å²) >= 11 is 6.08. The molecule has 1 N–H and O–H groups in total. The van der Waals surface area contributed by atoms with Crippen LogP contribution in [0, 0.1) is 0 Å². The number of hydrogen-bond acceptors (Lipinski definition) is 4. The van der Waals surface area contributed by atoms with Crippen LogP contribution in [0.15, 0.2) is 46.1 Å². The first-order chi connectivity index (χ1) is 12.2. The summed E-state index contributed by atoms with van der Waals surface area (Å²) in [6, 6.07) is 9.93. The molecule has 0 radical (unpaired) electrons. The largest absolute Gasteiger partial charge is 0.364 e. The highest BCUT2D eigenvalue weighted by atomic mass is 35.5. The van der Waals surface area contributed by atoms with E-state index in [4.69, 9.17) is 16.1 Å². The number of guanidine groups is 1. The summed E-state index contributed by atoms with van der Waals surface area (Å²) in [7, 11) is 0. The molecule has 7 heteroatoms. The van der Waals surface area contributed by atoms with Crippen LogP contribution in [-0.2, 0) is 13.1 Å². The Hall–Kier alpha value is -2.05. The van der Waals surface area contributed by atoms with Crippen molar-refractivity contribution in [3.63, 3.8) is 0 Å². The monoisotopic (exact) mass is 361 g/mol. The molecule has 2 heterocycles. The maximum Gasteiger partial charge on any atom is 0.194 e. The number of piperazine rings is 1. The predicted octanol–water partition coefficient (Wildman–Crippen LogP) is 2.61. The zero-order valence-electron chi connectivity index (χ0n) is 14.5. The van der Waals surface area contributed by atoms with Gasteiger partial charge in [-0.25, -0.2) is 4.99 Å². The van der Waals surface area contributed by atoms with E-state index in [1.54, 1.807) is 6.26 Å². The second-order valence-electron chi connectivity index (χ2n) is 6.05.